The number of aliphatic imine (C=N–C) groups is 1. The van der Waals surface area contributed by atoms with Crippen molar-refractivity contribution in [3.8, 4) is 0 Å². The fourth-order valence-corrected chi connectivity index (χ4v) is 2.08. The maximum absolute atomic E-state index is 5.35. The van der Waals surface area contributed by atoms with E-state index in [9.17, 15) is 0 Å². The summed E-state index contributed by atoms with van der Waals surface area (Å²) < 4.78 is 10.7. The van der Waals surface area contributed by atoms with Crippen molar-refractivity contribution >= 4 is 5.96 Å². The SMILES string of the molecule is CCC(C)NC(=NCc1cc(C(C)C)no1)NCCc1ccco1. The average molecular weight is 332 g/mol. The fraction of sp³-hybridized carbons (Fsp3) is 0.556. The van der Waals surface area contributed by atoms with Gasteiger partial charge in [-0.2, -0.15) is 0 Å². The molecule has 0 saturated carbocycles. The van der Waals surface area contributed by atoms with Gasteiger partial charge in [-0.05, 0) is 31.4 Å². The first-order valence-corrected chi connectivity index (χ1v) is 8.61. The van der Waals surface area contributed by atoms with Gasteiger partial charge in [-0.15, -0.1) is 0 Å². The van der Waals surface area contributed by atoms with Gasteiger partial charge in [0, 0.05) is 25.1 Å². The van der Waals surface area contributed by atoms with Gasteiger partial charge in [-0.25, -0.2) is 4.99 Å². The number of rotatable bonds is 8. The number of nitrogens with zero attached hydrogens (tertiary/aromatic N) is 2. The van der Waals surface area contributed by atoms with Crippen LogP contribution in [0.4, 0.5) is 0 Å². The van der Waals surface area contributed by atoms with Crippen LogP contribution in [-0.2, 0) is 13.0 Å². The van der Waals surface area contributed by atoms with Gasteiger partial charge in [0.05, 0.1) is 12.0 Å². The Hall–Kier alpha value is -2.24. The van der Waals surface area contributed by atoms with E-state index in [1.165, 1.54) is 0 Å². The molecule has 1 unspecified atom stereocenters. The predicted molar refractivity (Wildman–Crippen MR) is 95.0 cm³/mol. The Morgan fingerprint density at radius 3 is 2.75 bits per heavy atom. The third-order valence-electron chi connectivity index (χ3n) is 3.80. The molecule has 6 nitrogen and oxygen atoms in total. The maximum atomic E-state index is 5.35. The Bertz CT molecular complexity index is 617. The van der Waals surface area contributed by atoms with Crippen LogP contribution in [0.5, 0.6) is 0 Å². The quantitative estimate of drug-likeness (QED) is 0.572. The summed E-state index contributed by atoms with van der Waals surface area (Å²) in [5.74, 6) is 2.87. The molecule has 2 rings (SSSR count). The van der Waals surface area contributed by atoms with Crippen LogP contribution < -0.4 is 10.6 Å². The summed E-state index contributed by atoms with van der Waals surface area (Å²) in [7, 11) is 0. The fourth-order valence-electron chi connectivity index (χ4n) is 2.08. The maximum Gasteiger partial charge on any atom is 0.191 e. The minimum absolute atomic E-state index is 0.348. The van der Waals surface area contributed by atoms with Crippen LogP contribution in [0, 0.1) is 0 Å². The van der Waals surface area contributed by atoms with Crippen LogP contribution in [0.1, 0.15) is 57.2 Å². The highest BCUT2D eigenvalue weighted by atomic mass is 16.5. The molecule has 2 aromatic heterocycles. The molecule has 2 aromatic rings. The lowest BCUT2D eigenvalue weighted by molar-refractivity contribution is 0.376. The van der Waals surface area contributed by atoms with Crippen molar-refractivity contribution in [2.75, 3.05) is 6.54 Å². The van der Waals surface area contributed by atoms with Crippen molar-refractivity contribution in [2.45, 2.75) is 59.0 Å². The van der Waals surface area contributed by atoms with Crippen molar-refractivity contribution in [1.29, 1.82) is 0 Å². The van der Waals surface area contributed by atoms with Gasteiger partial charge in [0.2, 0.25) is 0 Å². The number of nitrogens with one attached hydrogen (secondary N) is 2. The van der Waals surface area contributed by atoms with Gasteiger partial charge in [0.15, 0.2) is 11.7 Å². The number of hydrogen-bond donors (Lipinski definition) is 2. The van der Waals surface area contributed by atoms with Gasteiger partial charge in [0.25, 0.3) is 0 Å². The molecule has 0 aliphatic heterocycles. The van der Waals surface area contributed by atoms with Crippen molar-refractivity contribution in [1.82, 2.24) is 15.8 Å². The number of hydrogen-bond acceptors (Lipinski definition) is 4. The van der Waals surface area contributed by atoms with E-state index in [1.54, 1.807) is 6.26 Å². The van der Waals surface area contributed by atoms with Crippen molar-refractivity contribution < 1.29 is 8.94 Å². The molecule has 24 heavy (non-hydrogen) atoms. The minimum Gasteiger partial charge on any atom is -0.469 e. The molecule has 0 fully saturated rings. The van der Waals surface area contributed by atoms with E-state index in [1.807, 2.05) is 18.2 Å². The molecule has 0 aliphatic rings. The first-order chi connectivity index (χ1) is 11.6. The van der Waals surface area contributed by atoms with Gasteiger partial charge in [-0.3, -0.25) is 0 Å². The summed E-state index contributed by atoms with van der Waals surface area (Å²) in [6, 6.07) is 6.19. The molecule has 0 radical (unpaired) electrons. The smallest absolute Gasteiger partial charge is 0.191 e. The summed E-state index contributed by atoms with van der Waals surface area (Å²) >= 11 is 0. The molecular weight excluding hydrogens is 304 g/mol. The summed E-state index contributed by atoms with van der Waals surface area (Å²) in [6.45, 7) is 9.68. The van der Waals surface area contributed by atoms with Crippen molar-refractivity contribution in [3.63, 3.8) is 0 Å². The zero-order valence-electron chi connectivity index (χ0n) is 15.0. The van der Waals surface area contributed by atoms with Gasteiger partial charge >= 0.3 is 0 Å². The first kappa shape index (κ1) is 18.1. The zero-order chi connectivity index (χ0) is 17.4. The second-order valence-corrected chi connectivity index (χ2v) is 6.25. The molecule has 6 heteroatoms. The third-order valence-corrected chi connectivity index (χ3v) is 3.80. The summed E-state index contributed by atoms with van der Waals surface area (Å²) in [5.41, 5.74) is 0.961. The second kappa shape index (κ2) is 9.15. The molecule has 0 bridgehead atoms. The topological polar surface area (TPSA) is 75.6 Å². The van der Waals surface area contributed by atoms with Crippen LogP contribution in [0.2, 0.25) is 0 Å². The number of furan rings is 1. The minimum atomic E-state index is 0.348. The molecule has 0 amide bonds. The molecule has 0 spiro atoms. The van der Waals surface area contributed by atoms with Crippen LogP contribution in [0.15, 0.2) is 38.4 Å². The number of aromatic nitrogens is 1. The van der Waals surface area contributed by atoms with Gasteiger partial charge < -0.3 is 19.6 Å². The molecule has 0 aromatic carbocycles. The molecular formula is C18H28N4O2. The highest BCUT2D eigenvalue weighted by Crippen LogP contribution is 2.14. The van der Waals surface area contributed by atoms with Crippen LogP contribution >= 0.6 is 0 Å². The zero-order valence-corrected chi connectivity index (χ0v) is 15.0. The van der Waals surface area contributed by atoms with E-state index in [0.29, 0.717) is 18.5 Å². The van der Waals surface area contributed by atoms with E-state index < -0.39 is 0 Å². The Kier molecular flexibility index (Phi) is 6.90. The summed E-state index contributed by atoms with van der Waals surface area (Å²) in [5, 5.41) is 10.8. The highest BCUT2D eigenvalue weighted by molar-refractivity contribution is 5.80. The molecule has 2 N–H and O–H groups in total. The van der Waals surface area contributed by atoms with Gasteiger partial charge in [0.1, 0.15) is 12.3 Å². The monoisotopic (exact) mass is 332 g/mol. The average Bonchev–Trinajstić information content (AvgIpc) is 3.23. The molecule has 1 atom stereocenters. The van der Waals surface area contributed by atoms with E-state index >= 15 is 0 Å². The molecule has 132 valence electrons. The number of guanidine groups is 1. The van der Waals surface area contributed by atoms with Gasteiger partial charge in [-0.1, -0.05) is 25.9 Å². The van der Waals surface area contributed by atoms with E-state index in [2.05, 4.69) is 48.5 Å². The van der Waals surface area contributed by atoms with E-state index in [4.69, 9.17) is 8.94 Å². The Morgan fingerprint density at radius 1 is 1.29 bits per heavy atom. The summed E-state index contributed by atoms with van der Waals surface area (Å²) in [6.07, 6.45) is 3.53. The first-order valence-electron chi connectivity index (χ1n) is 8.61. The molecule has 0 aliphatic carbocycles. The summed E-state index contributed by atoms with van der Waals surface area (Å²) in [4.78, 5) is 4.60. The highest BCUT2D eigenvalue weighted by Gasteiger charge is 2.08. The lowest BCUT2D eigenvalue weighted by Gasteiger charge is -2.16. The Balaban J connectivity index is 1.92. The lowest BCUT2D eigenvalue weighted by atomic mass is 10.1. The largest absolute Gasteiger partial charge is 0.469 e. The standard InChI is InChI=1S/C18H28N4O2/c1-5-14(4)21-18(19-9-8-15-7-6-10-23-15)20-12-16-11-17(13(2)3)22-24-16/h6-7,10-11,13-14H,5,8-9,12H2,1-4H3,(H2,19,20,21). The lowest BCUT2D eigenvalue weighted by Crippen LogP contribution is -2.42. The molecule has 0 saturated heterocycles. The Morgan fingerprint density at radius 2 is 2.12 bits per heavy atom. The van der Waals surface area contributed by atoms with E-state index in [0.717, 1.165) is 42.6 Å². The van der Waals surface area contributed by atoms with E-state index in [-0.39, 0.29) is 0 Å². The van der Waals surface area contributed by atoms with Crippen LogP contribution in [0.25, 0.3) is 0 Å². The molecule has 2 heterocycles. The van der Waals surface area contributed by atoms with Crippen molar-refractivity contribution in [3.05, 3.63) is 41.7 Å². The van der Waals surface area contributed by atoms with Crippen LogP contribution in [-0.4, -0.2) is 23.7 Å². The third kappa shape index (κ3) is 5.76. The second-order valence-electron chi connectivity index (χ2n) is 6.25. The van der Waals surface area contributed by atoms with Crippen molar-refractivity contribution in [2.24, 2.45) is 4.99 Å². The predicted octanol–water partition coefficient (Wildman–Crippen LogP) is 3.47. The Labute approximate surface area is 143 Å². The normalized spacial score (nSPS) is 13.3. The van der Waals surface area contributed by atoms with Crippen LogP contribution in [0.3, 0.4) is 0 Å².